The van der Waals surface area contributed by atoms with E-state index in [0.29, 0.717) is 49.3 Å². The molecule has 1 aliphatic rings. The van der Waals surface area contributed by atoms with Crippen LogP contribution in [0.4, 0.5) is 21.0 Å². The summed E-state index contributed by atoms with van der Waals surface area (Å²) < 4.78 is 13.4. The van der Waals surface area contributed by atoms with E-state index >= 15 is 0 Å². The van der Waals surface area contributed by atoms with E-state index in [1.165, 1.54) is 18.5 Å². The quantitative estimate of drug-likeness (QED) is 0.740. The standard InChI is InChI=1S/C18H17FN8O/c19-14-4-1-3-13(11-14)16-20-12-21-17(24-16)26-7-9-27(10-8-26)18(28)23-15-5-2-6-22-25-15/h1-6,11-12H,7-10H2,(H,23,25,28). The van der Waals surface area contributed by atoms with E-state index < -0.39 is 0 Å². The molecule has 4 rings (SSSR count). The number of amides is 2. The molecular formula is C18H17FN8O. The fourth-order valence-corrected chi connectivity index (χ4v) is 2.87. The van der Waals surface area contributed by atoms with E-state index in [9.17, 15) is 9.18 Å². The van der Waals surface area contributed by atoms with Gasteiger partial charge in [-0.1, -0.05) is 12.1 Å². The maximum atomic E-state index is 13.4. The van der Waals surface area contributed by atoms with Crippen LogP contribution in [0.1, 0.15) is 0 Å². The number of hydrogen-bond acceptors (Lipinski definition) is 7. The van der Waals surface area contributed by atoms with Crippen molar-refractivity contribution < 1.29 is 9.18 Å². The van der Waals surface area contributed by atoms with Gasteiger partial charge in [-0.3, -0.25) is 5.32 Å². The molecule has 0 saturated carbocycles. The van der Waals surface area contributed by atoms with E-state index in [4.69, 9.17) is 0 Å². The number of halogens is 1. The molecule has 1 saturated heterocycles. The summed E-state index contributed by atoms with van der Waals surface area (Å²) in [5, 5.41) is 10.3. The summed E-state index contributed by atoms with van der Waals surface area (Å²) in [5.74, 6) is 0.977. The van der Waals surface area contributed by atoms with Crippen molar-refractivity contribution in [3.8, 4) is 11.4 Å². The van der Waals surface area contributed by atoms with E-state index in [-0.39, 0.29) is 11.8 Å². The maximum Gasteiger partial charge on any atom is 0.323 e. The monoisotopic (exact) mass is 380 g/mol. The van der Waals surface area contributed by atoms with Crippen LogP contribution in [0.25, 0.3) is 11.4 Å². The number of aromatic nitrogens is 5. The maximum absolute atomic E-state index is 13.4. The molecular weight excluding hydrogens is 363 g/mol. The van der Waals surface area contributed by atoms with Crippen LogP contribution in [0.3, 0.4) is 0 Å². The summed E-state index contributed by atoms with van der Waals surface area (Å²) >= 11 is 0. The van der Waals surface area contributed by atoms with Gasteiger partial charge >= 0.3 is 6.03 Å². The number of nitrogens with zero attached hydrogens (tertiary/aromatic N) is 7. The highest BCUT2D eigenvalue weighted by Crippen LogP contribution is 2.18. The predicted octanol–water partition coefficient (Wildman–Crippen LogP) is 1.82. The van der Waals surface area contributed by atoms with Crippen LogP contribution in [0.2, 0.25) is 0 Å². The second kappa shape index (κ2) is 7.91. The molecule has 0 unspecified atom stereocenters. The third-order valence-corrected chi connectivity index (χ3v) is 4.30. The molecule has 0 atom stereocenters. The van der Waals surface area contributed by atoms with Crippen molar-refractivity contribution in [2.45, 2.75) is 0 Å². The number of carbonyl (C=O) groups excluding carboxylic acids is 1. The average Bonchev–Trinajstić information content (AvgIpc) is 2.75. The molecule has 3 heterocycles. The van der Waals surface area contributed by atoms with Crippen molar-refractivity contribution in [2.24, 2.45) is 0 Å². The summed E-state index contributed by atoms with van der Waals surface area (Å²) in [5.41, 5.74) is 0.589. The first-order valence-corrected chi connectivity index (χ1v) is 8.72. The second-order valence-electron chi connectivity index (χ2n) is 6.13. The Bertz CT molecular complexity index is 963. The van der Waals surface area contributed by atoms with E-state index in [0.717, 1.165) is 0 Å². The zero-order valence-corrected chi connectivity index (χ0v) is 14.9. The van der Waals surface area contributed by atoms with Gasteiger partial charge in [0, 0.05) is 37.9 Å². The fraction of sp³-hybridized carbons (Fsp3) is 0.222. The Morgan fingerprint density at radius 2 is 1.93 bits per heavy atom. The van der Waals surface area contributed by atoms with Gasteiger partial charge < -0.3 is 9.80 Å². The average molecular weight is 380 g/mol. The molecule has 1 aromatic carbocycles. The molecule has 3 aromatic rings. The number of hydrogen-bond donors (Lipinski definition) is 1. The third-order valence-electron chi connectivity index (χ3n) is 4.30. The van der Waals surface area contributed by atoms with Crippen LogP contribution < -0.4 is 10.2 Å². The first-order chi connectivity index (χ1) is 13.7. The van der Waals surface area contributed by atoms with Gasteiger partial charge in [0.2, 0.25) is 5.95 Å². The Labute approximate surface area is 160 Å². The number of carbonyl (C=O) groups is 1. The molecule has 142 valence electrons. The minimum absolute atomic E-state index is 0.226. The van der Waals surface area contributed by atoms with E-state index in [1.807, 2.05) is 4.90 Å². The van der Waals surface area contributed by atoms with Crippen molar-refractivity contribution in [3.05, 3.63) is 54.7 Å². The summed E-state index contributed by atoms with van der Waals surface area (Å²) in [7, 11) is 0. The van der Waals surface area contributed by atoms with Crippen molar-refractivity contribution >= 4 is 17.8 Å². The van der Waals surface area contributed by atoms with Gasteiger partial charge in [-0.2, -0.15) is 10.1 Å². The number of benzene rings is 1. The largest absolute Gasteiger partial charge is 0.337 e. The molecule has 9 nitrogen and oxygen atoms in total. The first-order valence-electron chi connectivity index (χ1n) is 8.72. The van der Waals surface area contributed by atoms with Crippen LogP contribution in [-0.4, -0.2) is 62.3 Å². The van der Waals surface area contributed by atoms with Crippen LogP contribution in [0.5, 0.6) is 0 Å². The van der Waals surface area contributed by atoms with Gasteiger partial charge in [-0.15, -0.1) is 5.10 Å². The van der Waals surface area contributed by atoms with Crippen LogP contribution in [0, 0.1) is 5.82 Å². The van der Waals surface area contributed by atoms with Crippen molar-refractivity contribution in [1.29, 1.82) is 0 Å². The Hall–Kier alpha value is -3.69. The first kappa shape index (κ1) is 17.7. The molecule has 1 fully saturated rings. The lowest BCUT2D eigenvalue weighted by Gasteiger charge is -2.34. The SMILES string of the molecule is O=C(Nc1cccnn1)N1CCN(c2ncnc(-c3cccc(F)c3)n2)CC1. The van der Waals surface area contributed by atoms with Gasteiger partial charge in [0.05, 0.1) is 0 Å². The molecule has 2 aromatic heterocycles. The summed E-state index contributed by atoms with van der Waals surface area (Å²) in [6, 6.07) is 9.28. The van der Waals surface area contributed by atoms with Crippen LogP contribution in [-0.2, 0) is 0 Å². The molecule has 1 N–H and O–H groups in total. The highest BCUT2D eigenvalue weighted by atomic mass is 19.1. The van der Waals surface area contributed by atoms with Gasteiger partial charge in [0.25, 0.3) is 0 Å². The van der Waals surface area contributed by atoms with E-state index in [1.54, 1.807) is 35.4 Å². The van der Waals surface area contributed by atoms with Gasteiger partial charge in [-0.25, -0.2) is 19.2 Å². The molecule has 0 bridgehead atoms. The number of rotatable bonds is 3. The number of anilines is 2. The molecule has 1 aliphatic heterocycles. The Kier molecular flexibility index (Phi) is 5.00. The second-order valence-corrected chi connectivity index (χ2v) is 6.13. The lowest BCUT2D eigenvalue weighted by Crippen LogP contribution is -2.50. The Balaban J connectivity index is 1.40. The third kappa shape index (κ3) is 4.00. The number of nitrogens with one attached hydrogen (secondary N) is 1. The van der Waals surface area contributed by atoms with Crippen LogP contribution >= 0.6 is 0 Å². The van der Waals surface area contributed by atoms with E-state index in [2.05, 4.69) is 30.5 Å². The van der Waals surface area contributed by atoms with Crippen molar-refractivity contribution in [2.75, 3.05) is 36.4 Å². The number of urea groups is 1. The smallest absolute Gasteiger partial charge is 0.323 e. The Morgan fingerprint density at radius 1 is 1.07 bits per heavy atom. The molecule has 2 amide bonds. The predicted molar refractivity (Wildman–Crippen MR) is 100 cm³/mol. The fourth-order valence-electron chi connectivity index (χ4n) is 2.87. The summed E-state index contributed by atoms with van der Waals surface area (Å²) in [6.45, 7) is 2.15. The van der Waals surface area contributed by atoms with Crippen molar-refractivity contribution in [3.63, 3.8) is 0 Å². The highest BCUT2D eigenvalue weighted by molar-refractivity contribution is 5.88. The number of piperazine rings is 1. The minimum Gasteiger partial charge on any atom is -0.337 e. The lowest BCUT2D eigenvalue weighted by molar-refractivity contribution is 0.208. The topological polar surface area (TPSA) is 100 Å². The normalized spacial score (nSPS) is 14.0. The molecule has 10 heteroatoms. The van der Waals surface area contributed by atoms with Gasteiger partial charge in [-0.05, 0) is 24.3 Å². The van der Waals surface area contributed by atoms with Crippen LogP contribution in [0.15, 0.2) is 48.9 Å². The summed E-state index contributed by atoms with van der Waals surface area (Å²) in [6.07, 6.45) is 2.96. The molecule has 0 spiro atoms. The van der Waals surface area contributed by atoms with Gasteiger partial charge in [0.15, 0.2) is 11.6 Å². The molecule has 0 radical (unpaired) electrons. The lowest BCUT2D eigenvalue weighted by atomic mass is 10.2. The van der Waals surface area contributed by atoms with Gasteiger partial charge in [0.1, 0.15) is 12.1 Å². The molecule has 0 aliphatic carbocycles. The summed E-state index contributed by atoms with van der Waals surface area (Å²) in [4.78, 5) is 28.8. The molecule has 28 heavy (non-hydrogen) atoms. The minimum atomic E-state index is -0.345. The highest BCUT2D eigenvalue weighted by Gasteiger charge is 2.23. The zero-order valence-electron chi connectivity index (χ0n) is 14.9. The zero-order chi connectivity index (χ0) is 19.3. The Morgan fingerprint density at radius 3 is 2.68 bits per heavy atom. The van der Waals surface area contributed by atoms with Crippen molar-refractivity contribution in [1.82, 2.24) is 30.0 Å².